The second kappa shape index (κ2) is 2.82. The molecule has 15 heavy (non-hydrogen) atoms. The molecule has 3 rings (SSSR count). The third kappa shape index (κ3) is 1.14. The van der Waals surface area contributed by atoms with Crippen molar-refractivity contribution in [2.24, 2.45) is 7.05 Å². The molecule has 0 aliphatic heterocycles. The van der Waals surface area contributed by atoms with Gasteiger partial charge in [0.05, 0.1) is 5.92 Å². The Hall–Kier alpha value is -1.84. The predicted octanol–water partition coefficient (Wildman–Crippen LogP) is 1.09. The Morgan fingerprint density at radius 1 is 1.40 bits per heavy atom. The maximum atomic E-state index is 5.67. The quantitative estimate of drug-likeness (QED) is 0.749. The van der Waals surface area contributed by atoms with Crippen LogP contribution in [0.15, 0.2) is 24.3 Å². The van der Waals surface area contributed by atoms with E-state index in [2.05, 4.69) is 34.3 Å². The summed E-state index contributed by atoms with van der Waals surface area (Å²) in [4.78, 5) is 4.26. The minimum atomic E-state index is 0.338. The van der Waals surface area contributed by atoms with Crippen molar-refractivity contribution in [2.45, 2.75) is 12.3 Å². The van der Waals surface area contributed by atoms with Crippen LogP contribution in [-0.2, 0) is 13.5 Å². The molecule has 1 heterocycles. The number of hydrogen-bond acceptors (Lipinski definition) is 3. The summed E-state index contributed by atoms with van der Waals surface area (Å²) in [5.74, 6) is 1.66. The predicted molar refractivity (Wildman–Crippen MR) is 57.4 cm³/mol. The van der Waals surface area contributed by atoms with Gasteiger partial charge < -0.3 is 5.73 Å². The van der Waals surface area contributed by atoms with Crippen molar-refractivity contribution in [1.29, 1.82) is 0 Å². The van der Waals surface area contributed by atoms with E-state index in [0.717, 1.165) is 12.2 Å². The van der Waals surface area contributed by atoms with Crippen LogP contribution in [0.1, 0.15) is 22.9 Å². The fourth-order valence-electron chi connectivity index (χ4n) is 2.05. The molecular weight excluding hydrogens is 188 g/mol. The summed E-state index contributed by atoms with van der Waals surface area (Å²) < 4.78 is 1.62. The van der Waals surface area contributed by atoms with Crippen molar-refractivity contribution in [1.82, 2.24) is 14.8 Å². The molecule has 2 aromatic rings. The lowest BCUT2D eigenvalue weighted by Crippen LogP contribution is -2.19. The van der Waals surface area contributed by atoms with Crippen LogP contribution < -0.4 is 5.73 Å². The summed E-state index contributed by atoms with van der Waals surface area (Å²) >= 11 is 0. The Bertz CT molecular complexity index is 496. The molecule has 0 amide bonds. The number of fused-ring (bicyclic) bond motifs is 1. The first kappa shape index (κ1) is 8.47. The minimum absolute atomic E-state index is 0.338. The maximum absolute atomic E-state index is 5.67. The van der Waals surface area contributed by atoms with E-state index >= 15 is 0 Å². The Kier molecular flexibility index (Phi) is 1.59. The van der Waals surface area contributed by atoms with E-state index < -0.39 is 0 Å². The second-order valence-electron chi connectivity index (χ2n) is 3.91. The molecule has 1 aromatic carbocycles. The number of benzene rings is 1. The molecule has 1 unspecified atom stereocenters. The first-order chi connectivity index (χ1) is 7.25. The molecule has 0 fully saturated rings. The van der Waals surface area contributed by atoms with Gasteiger partial charge in [0, 0.05) is 7.05 Å². The summed E-state index contributed by atoms with van der Waals surface area (Å²) in [6, 6.07) is 8.40. The molecule has 1 atom stereocenters. The van der Waals surface area contributed by atoms with Crippen molar-refractivity contribution in [3.63, 3.8) is 0 Å². The fraction of sp³-hybridized carbons (Fsp3) is 0.273. The normalized spacial score (nSPS) is 18.3. The number of nitrogen functional groups attached to an aromatic ring is 1. The number of nitrogens with zero attached hydrogens (tertiary/aromatic N) is 3. The number of aromatic nitrogens is 3. The van der Waals surface area contributed by atoms with Gasteiger partial charge in [-0.25, -0.2) is 4.68 Å². The van der Waals surface area contributed by atoms with E-state index in [9.17, 15) is 0 Å². The van der Waals surface area contributed by atoms with Gasteiger partial charge in [-0.15, -0.1) is 0 Å². The molecular formula is C11H12N4. The number of nitrogens with two attached hydrogens (primary N) is 1. The third-order valence-electron chi connectivity index (χ3n) is 2.98. The van der Waals surface area contributed by atoms with Crippen molar-refractivity contribution in [2.75, 3.05) is 5.73 Å². The smallest absolute Gasteiger partial charge is 0.218 e. The van der Waals surface area contributed by atoms with Gasteiger partial charge in [-0.05, 0) is 17.5 Å². The van der Waals surface area contributed by atoms with Gasteiger partial charge in [0.15, 0.2) is 5.82 Å². The lowest BCUT2D eigenvalue weighted by atomic mass is 9.77. The highest BCUT2D eigenvalue weighted by molar-refractivity contribution is 5.44. The number of anilines is 1. The largest absolute Gasteiger partial charge is 0.368 e. The molecule has 1 aromatic heterocycles. The van der Waals surface area contributed by atoms with Crippen LogP contribution in [0.2, 0.25) is 0 Å². The molecule has 0 spiro atoms. The third-order valence-corrected chi connectivity index (χ3v) is 2.98. The Morgan fingerprint density at radius 3 is 2.87 bits per heavy atom. The van der Waals surface area contributed by atoms with E-state index in [0.29, 0.717) is 11.9 Å². The van der Waals surface area contributed by atoms with Crippen LogP contribution in [0.4, 0.5) is 5.95 Å². The van der Waals surface area contributed by atoms with E-state index in [-0.39, 0.29) is 0 Å². The zero-order valence-corrected chi connectivity index (χ0v) is 8.51. The van der Waals surface area contributed by atoms with Gasteiger partial charge in [-0.3, -0.25) is 0 Å². The second-order valence-corrected chi connectivity index (χ2v) is 3.91. The standard InChI is InChI=1S/C11H12N4/c1-15-11(12)13-10(14-15)9-6-7-4-2-3-5-8(7)9/h2-5,9H,6H2,1H3,(H2,12,13,14). The van der Waals surface area contributed by atoms with Gasteiger partial charge >= 0.3 is 0 Å². The van der Waals surface area contributed by atoms with Crippen molar-refractivity contribution < 1.29 is 0 Å². The van der Waals surface area contributed by atoms with Crippen LogP contribution in [-0.4, -0.2) is 14.8 Å². The first-order valence-electron chi connectivity index (χ1n) is 5.00. The first-order valence-corrected chi connectivity index (χ1v) is 5.00. The van der Waals surface area contributed by atoms with Crippen LogP contribution in [0.5, 0.6) is 0 Å². The number of rotatable bonds is 1. The molecule has 0 radical (unpaired) electrons. The lowest BCUT2D eigenvalue weighted by molar-refractivity contribution is 0.643. The van der Waals surface area contributed by atoms with Gasteiger partial charge in [0.1, 0.15) is 0 Å². The zero-order chi connectivity index (χ0) is 10.4. The van der Waals surface area contributed by atoms with Gasteiger partial charge in [0.25, 0.3) is 0 Å². The molecule has 76 valence electrons. The van der Waals surface area contributed by atoms with Gasteiger partial charge in [0.2, 0.25) is 5.95 Å². The Morgan fingerprint density at radius 2 is 2.20 bits per heavy atom. The molecule has 4 heteroatoms. The zero-order valence-electron chi connectivity index (χ0n) is 8.51. The molecule has 0 saturated carbocycles. The highest BCUT2D eigenvalue weighted by atomic mass is 15.4. The van der Waals surface area contributed by atoms with E-state index in [4.69, 9.17) is 5.73 Å². The van der Waals surface area contributed by atoms with Crippen molar-refractivity contribution in [3.8, 4) is 0 Å². The van der Waals surface area contributed by atoms with E-state index in [1.807, 2.05) is 7.05 Å². The maximum Gasteiger partial charge on any atom is 0.218 e. The van der Waals surface area contributed by atoms with Crippen molar-refractivity contribution >= 4 is 5.95 Å². The SMILES string of the molecule is Cn1nc(C2Cc3ccccc32)nc1N. The van der Waals surface area contributed by atoms with Crippen LogP contribution in [0.3, 0.4) is 0 Å². The molecule has 0 saturated heterocycles. The van der Waals surface area contributed by atoms with Crippen LogP contribution in [0.25, 0.3) is 0 Å². The summed E-state index contributed by atoms with van der Waals surface area (Å²) in [6.07, 6.45) is 1.03. The monoisotopic (exact) mass is 200 g/mol. The Balaban J connectivity index is 2.00. The van der Waals surface area contributed by atoms with E-state index in [1.165, 1.54) is 11.1 Å². The van der Waals surface area contributed by atoms with Gasteiger partial charge in [-0.2, -0.15) is 10.1 Å². The van der Waals surface area contributed by atoms with Crippen LogP contribution in [0, 0.1) is 0 Å². The number of aryl methyl sites for hydroxylation is 1. The topological polar surface area (TPSA) is 56.7 Å². The van der Waals surface area contributed by atoms with Gasteiger partial charge in [-0.1, -0.05) is 24.3 Å². The molecule has 1 aliphatic carbocycles. The fourth-order valence-corrected chi connectivity index (χ4v) is 2.05. The highest BCUT2D eigenvalue weighted by Crippen LogP contribution is 2.38. The summed E-state index contributed by atoms with van der Waals surface area (Å²) in [5, 5.41) is 4.31. The average molecular weight is 200 g/mol. The summed E-state index contributed by atoms with van der Waals surface area (Å²) in [5.41, 5.74) is 8.40. The molecule has 0 bridgehead atoms. The van der Waals surface area contributed by atoms with Crippen molar-refractivity contribution in [3.05, 3.63) is 41.2 Å². The number of hydrogen-bond donors (Lipinski definition) is 1. The Labute approximate surface area is 87.7 Å². The lowest BCUT2D eigenvalue weighted by Gasteiger charge is -2.27. The van der Waals surface area contributed by atoms with E-state index in [1.54, 1.807) is 4.68 Å². The summed E-state index contributed by atoms with van der Waals surface area (Å²) in [6.45, 7) is 0. The summed E-state index contributed by atoms with van der Waals surface area (Å²) in [7, 11) is 1.82. The molecule has 1 aliphatic rings. The highest BCUT2D eigenvalue weighted by Gasteiger charge is 2.30. The molecule has 4 nitrogen and oxygen atoms in total. The average Bonchev–Trinajstić information content (AvgIpc) is 2.49. The minimum Gasteiger partial charge on any atom is -0.368 e. The molecule has 2 N–H and O–H groups in total. The van der Waals surface area contributed by atoms with Crippen LogP contribution >= 0.6 is 0 Å².